The second kappa shape index (κ2) is 4.09. The van der Waals surface area contributed by atoms with Crippen LogP contribution < -0.4 is 0 Å². The van der Waals surface area contributed by atoms with Crippen molar-refractivity contribution in [3.8, 4) is 0 Å². The van der Waals surface area contributed by atoms with Crippen LogP contribution in [-0.4, -0.2) is 0 Å². The molecule has 0 unspecified atom stereocenters. The van der Waals surface area contributed by atoms with E-state index in [1.807, 2.05) is 0 Å². The van der Waals surface area contributed by atoms with Crippen LogP contribution in [0.3, 0.4) is 0 Å². The average molecular weight is 190 g/mol. The molecular weight excluding hydrogens is 168 g/mol. The van der Waals surface area contributed by atoms with Gasteiger partial charge in [0.1, 0.15) is 0 Å². The fourth-order valence-electron chi connectivity index (χ4n) is 0.812. The average Bonchev–Trinajstić information content (AvgIpc) is 1.55. The fourth-order valence-corrected chi connectivity index (χ4v) is 3.35. The molecule has 0 saturated carbocycles. The Morgan fingerprint density at radius 1 is 0.727 bits per heavy atom. The molecule has 0 aromatic rings. The molecule has 0 N–H and O–H groups in total. The Labute approximate surface area is 81.1 Å². The third-order valence-electron chi connectivity index (χ3n) is 1.31. The Morgan fingerprint density at radius 2 is 1.00 bits per heavy atom. The topological polar surface area (TPSA) is 0 Å². The summed E-state index contributed by atoms with van der Waals surface area (Å²) in [5.74, 6) is 0. The van der Waals surface area contributed by atoms with Crippen LogP contribution >= 0.6 is 0 Å². The minimum absolute atomic E-state index is 0.319. The van der Waals surface area contributed by atoms with Crippen molar-refractivity contribution in [3.63, 3.8) is 0 Å². The van der Waals surface area contributed by atoms with Crippen LogP contribution in [0.1, 0.15) is 41.5 Å². The zero-order valence-corrected chi connectivity index (χ0v) is 10.5. The Hall–Kier alpha value is 0.714. The summed E-state index contributed by atoms with van der Waals surface area (Å²) in [6.07, 6.45) is 0. The summed E-state index contributed by atoms with van der Waals surface area (Å²) in [5, 5.41) is 0. The van der Waals surface area contributed by atoms with E-state index in [1.54, 1.807) is 0 Å². The molecule has 0 aliphatic rings. The van der Waals surface area contributed by atoms with Crippen LogP contribution in [-0.2, 0) is 19.2 Å². The number of hydrogen-bond acceptors (Lipinski definition) is 0. The second-order valence-electron chi connectivity index (χ2n) is 5.72. The van der Waals surface area contributed by atoms with E-state index in [9.17, 15) is 0 Å². The fraction of sp³-hybridized carbons (Fsp3) is 1.00. The zero-order valence-electron chi connectivity index (χ0n) is 8.91. The van der Waals surface area contributed by atoms with E-state index >= 15 is 0 Å². The Bertz CT molecular complexity index is 89.0. The van der Waals surface area contributed by atoms with E-state index in [-0.39, 0.29) is 0 Å². The van der Waals surface area contributed by atoms with Crippen molar-refractivity contribution in [1.82, 2.24) is 0 Å². The van der Waals surface area contributed by atoms with Crippen LogP contribution in [0.2, 0.25) is 9.45 Å². The summed E-state index contributed by atoms with van der Waals surface area (Å²) < 4.78 is 2.95. The molecule has 0 radical (unpaired) electrons. The van der Waals surface area contributed by atoms with Crippen LogP contribution in [0.5, 0.6) is 0 Å². The molecule has 0 aromatic heterocycles. The maximum absolute atomic E-state index is 2.35. The molecule has 0 fully saturated rings. The van der Waals surface area contributed by atoms with Crippen molar-refractivity contribution in [2.75, 3.05) is 0 Å². The van der Waals surface area contributed by atoms with Gasteiger partial charge in [0.2, 0.25) is 0 Å². The van der Waals surface area contributed by atoms with Crippen LogP contribution in [0.4, 0.5) is 0 Å². The first-order chi connectivity index (χ1) is 4.71. The molecule has 0 rings (SSSR count). The third kappa shape index (κ3) is 10.7. The van der Waals surface area contributed by atoms with E-state index < -0.39 is 0 Å². The second-order valence-corrected chi connectivity index (χ2v) is 7.61. The van der Waals surface area contributed by atoms with Gasteiger partial charge in [0.15, 0.2) is 0 Å². The molecule has 0 saturated heterocycles. The van der Waals surface area contributed by atoms with E-state index in [1.165, 1.54) is 9.45 Å². The molecule has 0 nitrogen and oxygen atoms in total. The number of rotatable bonds is 2. The van der Waals surface area contributed by atoms with Gasteiger partial charge < -0.3 is 0 Å². The standard InChI is InChI=1S/2C5H11.Ti/c2*1-5(2,3)4;/h2*1H2,2-4H3;. The van der Waals surface area contributed by atoms with E-state index in [4.69, 9.17) is 0 Å². The van der Waals surface area contributed by atoms with E-state index in [0.717, 1.165) is 0 Å². The van der Waals surface area contributed by atoms with E-state index in [0.29, 0.717) is 30.0 Å². The van der Waals surface area contributed by atoms with Gasteiger partial charge in [-0.1, -0.05) is 0 Å². The molecule has 11 heavy (non-hydrogen) atoms. The van der Waals surface area contributed by atoms with Crippen molar-refractivity contribution in [1.29, 1.82) is 0 Å². The molecule has 0 aliphatic heterocycles. The molecule has 0 heterocycles. The first-order valence-corrected chi connectivity index (χ1v) is 6.62. The van der Waals surface area contributed by atoms with Gasteiger partial charge in [-0.05, 0) is 0 Å². The van der Waals surface area contributed by atoms with Gasteiger partial charge in [-0.15, -0.1) is 0 Å². The summed E-state index contributed by atoms with van der Waals surface area (Å²) in [4.78, 5) is 0. The SMILES string of the molecule is CC(C)(C)[CH2][Ti][CH2]C(C)(C)C. The van der Waals surface area contributed by atoms with Gasteiger partial charge in [-0.25, -0.2) is 0 Å². The molecule has 66 valence electrons. The normalized spacial score (nSPS) is 13.3. The van der Waals surface area contributed by atoms with Crippen molar-refractivity contribution in [3.05, 3.63) is 0 Å². The molecule has 0 aromatic carbocycles. The van der Waals surface area contributed by atoms with Crippen LogP contribution in [0, 0.1) is 10.8 Å². The van der Waals surface area contributed by atoms with E-state index in [2.05, 4.69) is 41.5 Å². The predicted octanol–water partition coefficient (Wildman–Crippen LogP) is 4.00. The third-order valence-corrected chi connectivity index (χ3v) is 5.40. The van der Waals surface area contributed by atoms with Gasteiger partial charge in [0.05, 0.1) is 0 Å². The molecule has 0 amide bonds. The van der Waals surface area contributed by atoms with Gasteiger partial charge in [-0.3, -0.25) is 0 Å². The Balaban J connectivity index is 3.44. The van der Waals surface area contributed by atoms with Crippen molar-refractivity contribution >= 4 is 0 Å². The Morgan fingerprint density at radius 3 is 1.18 bits per heavy atom. The maximum atomic E-state index is 2.35. The molecular formula is C10H22Ti. The summed E-state index contributed by atoms with van der Waals surface area (Å²) in [7, 11) is 0. The summed E-state index contributed by atoms with van der Waals surface area (Å²) in [5.41, 5.74) is 1.15. The summed E-state index contributed by atoms with van der Waals surface area (Å²) >= 11 is 0.319. The molecule has 0 spiro atoms. The summed E-state index contributed by atoms with van der Waals surface area (Å²) in [6.45, 7) is 14.1. The van der Waals surface area contributed by atoms with Crippen molar-refractivity contribution in [2.24, 2.45) is 10.8 Å². The van der Waals surface area contributed by atoms with Crippen LogP contribution in [0.15, 0.2) is 0 Å². The summed E-state index contributed by atoms with van der Waals surface area (Å²) in [6, 6.07) is 0. The van der Waals surface area contributed by atoms with Gasteiger partial charge in [0, 0.05) is 0 Å². The first-order valence-electron chi connectivity index (χ1n) is 4.41. The van der Waals surface area contributed by atoms with Gasteiger partial charge >= 0.3 is 81.0 Å². The number of hydrogen-bond donors (Lipinski definition) is 0. The minimum atomic E-state index is 0.319. The molecule has 0 atom stereocenters. The molecule has 1 heteroatoms. The van der Waals surface area contributed by atoms with Crippen molar-refractivity contribution in [2.45, 2.75) is 51.0 Å². The molecule has 0 aliphatic carbocycles. The zero-order chi connectivity index (χ0) is 9.12. The quantitative estimate of drug-likeness (QED) is 0.577. The Kier molecular flexibility index (Phi) is 4.36. The van der Waals surface area contributed by atoms with Gasteiger partial charge in [-0.2, -0.15) is 0 Å². The van der Waals surface area contributed by atoms with Crippen molar-refractivity contribution < 1.29 is 19.2 Å². The predicted molar refractivity (Wildman–Crippen MR) is 48.5 cm³/mol. The molecule has 0 bridgehead atoms. The first kappa shape index (κ1) is 11.7. The monoisotopic (exact) mass is 190 g/mol. The van der Waals surface area contributed by atoms with Gasteiger partial charge in [0.25, 0.3) is 0 Å². The van der Waals surface area contributed by atoms with Crippen LogP contribution in [0.25, 0.3) is 0 Å².